The highest BCUT2D eigenvalue weighted by Crippen LogP contribution is 2.25. The van der Waals surface area contributed by atoms with Crippen LogP contribution in [0.3, 0.4) is 0 Å². The van der Waals surface area contributed by atoms with Crippen LogP contribution in [-0.2, 0) is 6.61 Å². The number of halogens is 1. The summed E-state index contributed by atoms with van der Waals surface area (Å²) in [7, 11) is 0. The first-order valence-corrected chi connectivity index (χ1v) is 7.83. The van der Waals surface area contributed by atoms with E-state index in [1.54, 1.807) is 24.3 Å². The molecular weight excluding hydrogens is 311 g/mol. The summed E-state index contributed by atoms with van der Waals surface area (Å²) in [6.07, 6.45) is 0.844. The number of benzene rings is 2. The van der Waals surface area contributed by atoms with Crippen LogP contribution in [0.4, 0.5) is 4.39 Å². The number of ether oxygens (including phenoxy) is 2. The lowest BCUT2D eigenvalue weighted by Crippen LogP contribution is -2.07. The van der Waals surface area contributed by atoms with Gasteiger partial charge in [0, 0.05) is 0 Å². The zero-order valence-electron chi connectivity index (χ0n) is 13.8. The van der Waals surface area contributed by atoms with Crippen LogP contribution < -0.4 is 9.47 Å². The normalized spacial score (nSPS) is 10.7. The van der Waals surface area contributed by atoms with E-state index in [-0.39, 0.29) is 18.0 Å². The predicted molar refractivity (Wildman–Crippen MR) is 89.1 cm³/mol. The number of carboxylic acid groups (broad SMARTS) is 1. The van der Waals surface area contributed by atoms with E-state index in [1.165, 1.54) is 18.2 Å². The van der Waals surface area contributed by atoms with E-state index in [2.05, 4.69) is 13.8 Å². The summed E-state index contributed by atoms with van der Waals surface area (Å²) in [6.45, 7) is 4.77. The Morgan fingerprint density at radius 2 is 1.96 bits per heavy atom. The zero-order chi connectivity index (χ0) is 17.5. The molecule has 0 radical (unpaired) electrons. The minimum atomic E-state index is -1.08. The van der Waals surface area contributed by atoms with E-state index in [4.69, 9.17) is 9.47 Å². The van der Waals surface area contributed by atoms with E-state index in [0.717, 1.165) is 6.42 Å². The second-order valence-corrected chi connectivity index (χ2v) is 5.91. The number of carbonyl (C=O) groups is 1. The summed E-state index contributed by atoms with van der Waals surface area (Å²) in [6, 6.07) is 10.7. The first-order valence-electron chi connectivity index (χ1n) is 7.83. The van der Waals surface area contributed by atoms with E-state index in [1.807, 2.05) is 0 Å². The molecular formula is C19H21FO4. The zero-order valence-corrected chi connectivity index (χ0v) is 13.8. The maximum absolute atomic E-state index is 13.1. The van der Waals surface area contributed by atoms with E-state index in [9.17, 15) is 14.3 Å². The van der Waals surface area contributed by atoms with Crippen molar-refractivity contribution in [2.24, 2.45) is 5.92 Å². The number of hydrogen-bond acceptors (Lipinski definition) is 3. The number of hydrogen-bond donors (Lipinski definition) is 1. The molecule has 0 aliphatic rings. The van der Waals surface area contributed by atoms with Crippen molar-refractivity contribution in [1.82, 2.24) is 0 Å². The minimum Gasteiger partial charge on any atom is -0.493 e. The number of rotatable bonds is 8. The molecule has 0 aromatic heterocycles. The molecule has 24 heavy (non-hydrogen) atoms. The Labute approximate surface area is 140 Å². The largest absolute Gasteiger partial charge is 0.493 e. The first kappa shape index (κ1) is 17.8. The average molecular weight is 332 g/mol. The van der Waals surface area contributed by atoms with Gasteiger partial charge in [-0.3, -0.25) is 0 Å². The summed E-state index contributed by atoms with van der Waals surface area (Å²) in [5.41, 5.74) is 0.722. The molecule has 2 aromatic carbocycles. The Hall–Kier alpha value is -2.56. The van der Waals surface area contributed by atoms with Crippen LogP contribution in [0.15, 0.2) is 42.5 Å². The molecule has 0 fully saturated rings. The van der Waals surface area contributed by atoms with Crippen molar-refractivity contribution in [3.05, 3.63) is 59.4 Å². The third-order valence-electron chi connectivity index (χ3n) is 3.43. The quantitative estimate of drug-likeness (QED) is 0.772. The standard InChI is InChI=1S/C19H21FO4/c1-13(2)8-9-23-18-7-6-16(11-17(18)19(21)22)24-12-14-4-3-5-15(20)10-14/h3-7,10-11,13H,8-9,12H2,1-2H3,(H,21,22). The molecule has 0 spiro atoms. The van der Waals surface area contributed by atoms with Crippen LogP contribution >= 0.6 is 0 Å². The first-order chi connectivity index (χ1) is 11.5. The topological polar surface area (TPSA) is 55.8 Å². The second-order valence-electron chi connectivity index (χ2n) is 5.91. The van der Waals surface area contributed by atoms with E-state index >= 15 is 0 Å². The molecule has 5 heteroatoms. The summed E-state index contributed by atoms with van der Waals surface area (Å²) >= 11 is 0. The van der Waals surface area contributed by atoms with Crippen molar-refractivity contribution in [1.29, 1.82) is 0 Å². The summed E-state index contributed by atoms with van der Waals surface area (Å²) < 4.78 is 24.2. The Kier molecular flexibility index (Phi) is 6.18. The summed E-state index contributed by atoms with van der Waals surface area (Å²) in [4.78, 5) is 11.4. The Morgan fingerprint density at radius 1 is 1.17 bits per heavy atom. The molecule has 0 heterocycles. The van der Waals surface area contributed by atoms with Gasteiger partial charge in [0.15, 0.2) is 0 Å². The van der Waals surface area contributed by atoms with E-state index < -0.39 is 5.97 Å². The van der Waals surface area contributed by atoms with Gasteiger partial charge in [-0.2, -0.15) is 0 Å². The van der Waals surface area contributed by atoms with Crippen LogP contribution in [0.1, 0.15) is 36.2 Å². The molecule has 0 amide bonds. The van der Waals surface area contributed by atoms with Gasteiger partial charge in [-0.05, 0) is 48.2 Å². The highest BCUT2D eigenvalue weighted by molar-refractivity contribution is 5.91. The molecule has 0 aliphatic heterocycles. The molecule has 1 N–H and O–H groups in total. The van der Waals surface area contributed by atoms with E-state index in [0.29, 0.717) is 29.6 Å². The smallest absolute Gasteiger partial charge is 0.339 e. The Bertz CT molecular complexity index is 698. The maximum Gasteiger partial charge on any atom is 0.339 e. The SMILES string of the molecule is CC(C)CCOc1ccc(OCc2cccc(F)c2)cc1C(=O)O. The molecule has 0 saturated heterocycles. The lowest BCUT2D eigenvalue weighted by atomic mass is 10.1. The third-order valence-corrected chi connectivity index (χ3v) is 3.43. The van der Waals surface area contributed by atoms with Gasteiger partial charge in [-0.1, -0.05) is 26.0 Å². The molecule has 4 nitrogen and oxygen atoms in total. The summed E-state index contributed by atoms with van der Waals surface area (Å²) in [5, 5.41) is 9.34. The van der Waals surface area contributed by atoms with Crippen molar-refractivity contribution in [2.75, 3.05) is 6.61 Å². The number of carboxylic acids is 1. The van der Waals surface area contributed by atoms with Gasteiger partial charge in [0.1, 0.15) is 29.5 Å². The molecule has 0 bridgehead atoms. The summed E-state index contributed by atoms with van der Waals surface area (Å²) in [5.74, 6) is -0.219. The van der Waals surface area contributed by atoms with Gasteiger partial charge in [0.05, 0.1) is 6.61 Å². The van der Waals surface area contributed by atoms with Crippen molar-refractivity contribution in [3.8, 4) is 11.5 Å². The molecule has 0 unspecified atom stereocenters. The molecule has 0 aliphatic carbocycles. The molecule has 0 atom stereocenters. The van der Waals surface area contributed by atoms with Crippen LogP contribution in [0, 0.1) is 11.7 Å². The lowest BCUT2D eigenvalue weighted by molar-refractivity contribution is 0.0691. The predicted octanol–water partition coefficient (Wildman–Crippen LogP) is 4.53. The van der Waals surface area contributed by atoms with Gasteiger partial charge in [0.2, 0.25) is 0 Å². The number of aromatic carboxylic acids is 1. The minimum absolute atomic E-state index is 0.0514. The fourth-order valence-electron chi connectivity index (χ4n) is 2.09. The monoisotopic (exact) mass is 332 g/mol. The second kappa shape index (κ2) is 8.34. The van der Waals surface area contributed by atoms with Gasteiger partial charge in [0.25, 0.3) is 0 Å². The van der Waals surface area contributed by atoms with Crippen LogP contribution in [0.25, 0.3) is 0 Å². The Balaban J connectivity index is 2.06. The van der Waals surface area contributed by atoms with Crippen molar-refractivity contribution < 1.29 is 23.8 Å². The van der Waals surface area contributed by atoms with Crippen molar-refractivity contribution in [3.63, 3.8) is 0 Å². The Morgan fingerprint density at radius 3 is 2.62 bits per heavy atom. The van der Waals surface area contributed by atoms with Gasteiger partial charge < -0.3 is 14.6 Å². The fourth-order valence-corrected chi connectivity index (χ4v) is 2.09. The van der Waals surface area contributed by atoms with Gasteiger partial charge in [-0.25, -0.2) is 9.18 Å². The fraction of sp³-hybridized carbons (Fsp3) is 0.316. The van der Waals surface area contributed by atoms with Crippen LogP contribution in [0.5, 0.6) is 11.5 Å². The molecule has 2 aromatic rings. The van der Waals surface area contributed by atoms with Gasteiger partial charge in [-0.15, -0.1) is 0 Å². The maximum atomic E-state index is 13.1. The molecule has 0 saturated carbocycles. The highest BCUT2D eigenvalue weighted by atomic mass is 19.1. The van der Waals surface area contributed by atoms with Crippen LogP contribution in [0.2, 0.25) is 0 Å². The van der Waals surface area contributed by atoms with Crippen LogP contribution in [-0.4, -0.2) is 17.7 Å². The van der Waals surface area contributed by atoms with Crippen molar-refractivity contribution in [2.45, 2.75) is 26.9 Å². The lowest BCUT2D eigenvalue weighted by Gasteiger charge is -2.12. The molecule has 2 rings (SSSR count). The highest BCUT2D eigenvalue weighted by Gasteiger charge is 2.13. The third kappa shape index (κ3) is 5.26. The van der Waals surface area contributed by atoms with Gasteiger partial charge >= 0.3 is 5.97 Å². The average Bonchev–Trinajstić information content (AvgIpc) is 2.53. The molecule has 128 valence electrons. The van der Waals surface area contributed by atoms with Crippen molar-refractivity contribution >= 4 is 5.97 Å².